The fourth-order valence-electron chi connectivity index (χ4n) is 2.93. The van der Waals surface area contributed by atoms with Gasteiger partial charge in [-0.3, -0.25) is 0 Å². The summed E-state index contributed by atoms with van der Waals surface area (Å²) in [5.41, 5.74) is 0.413. The van der Waals surface area contributed by atoms with Crippen molar-refractivity contribution in [1.29, 1.82) is 0 Å². The van der Waals surface area contributed by atoms with Crippen molar-refractivity contribution in [1.82, 2.24) is 4.98 Å². The molecule has 1 aliphatic rings. The molecule has 0 atom stereocenters. The minimum Gasteiger partial charge on any atom is -0.357 e. The Morgan fingerprint density at radius 1 is 0.955 bits per heavy atom. The molecule has 1 fully saturated rings. The first-order valence-corrected chi connectivity index (χ1v) is 7.37. The number of halogens is 3. The molecule has 1 aromatic heterocycles. The van der Waals surface area contributed by atoms with Crippen molar-refractivity contribution in [3.05, 3.63) is 59.8 Å². The molecule has 0 N–H and O–H groups in total. The smallest absolute Gasteiger partial charge is 0.357 e. The Hall–Kier alpha value is -2.04. The van der Waals surface area contributed by atoms with Gasteiger partial charge >= 0.3 is 6.18 Å². The number of hydrogen-bond acceptors (Lipinski definition) is 2. The van der Waals surface area contributed by atoms with Gasteiger partial charge in [0.05, 0.1) is 5.56 Å². The van der Waals surface area contributed by atoms with E-state index in [-0.39, 0.29) is 0 Å². The molecule has 2 heterocycles. The molecule has 0 radical (unpaired) electrons. The van der Waals surface area contributed by atoms with Crippen LogP contribution in [0.25, 0.3) is 0 Å². The molecule has 0 unspecified atom stereocenters. The maximum absolute atomic E-state index is 12.6. The highest BCUT2D eigenvalue weighted by Crippen LogP contribution is 2.33. The highest BCUT2D eigenvalue weighted by atomic mass is 19.4. The van der Waals surface area contributed by atoms with Gasteiger partial charge in [-0.1, -0.05) is 18.2 Å². The zero-order chi connectivity index (χ0) is 15.6. The van der Waals surface area contributed by atoms with Crippen molar-refractivity contribution in [2.75, 3.05) is 18.0 Å². The van der Waals surface area contributed by atoms with E-state index in [2.05, 4.69) is 9.88 Å². The molecule has 22 heavy (non-hydrogen) atoms. The van der Waals surface area contributed by atoms with Crippen LogP contribution in [0.3, 0.4) is 0 Å². The Morgan fingerprint density at radius 3 is 2.18 bits per heavy atom. The van der Waals surface area contributed by atoms with Gasteiger partial charge in [0.2, 0.25) is 0 Å². The number of piperidine rings is 1. The summed E-state index contributed by atoms with van der Waals surface area (Å²) in [6.45, 7) is 1.76. The third-order valence-corrected chi connectivity index (χ3v) is 4.18. The SMILES string of the molecule is FC(F)(F)c1ccc(C2CCN(c3ccccn3)CC2)cc1. The lowest BCUT2D eigenvalue weighted by molar-refractivity contribution is -0.137. The standard InChI is InChI=1S/C17H17F3N2/c18-17(19,20)15-6-4-13(5-7-15)14-8-11-22(12-9-14)16-3-1-2-10-21-16/h1-7,10,14H,8-9,11-12H2. The van der Waals surface area contributed by atoms with E-state index in [9.17, 15) is 13.2 Å². The zero-order valence-electron chi connectivity index (χ0n) is 12.1. The van der Waals surface area contributed by atoms with E-state index in [4.69, 9.17) is 0 Å². The molecule has 116 valence electrons. The lowest BCUT2D eigenvalue weighted by atomic mass is 9.89. The van der Waals surface area contributed by atoms with E-state index in [0.717, 1.165) is 37.3 Å². The number of aromatic nitrogens is 1. The topological polar surface area (TPSA) is 16.1 Å². The second kappa shape index (κ2) is 5.99. The van der Waals surface area contributed by atoms with E-state index >= 15 is 0 Å². The Balaban J connectivity index is 1.64. The number of rotatable bonds is 2. The molecular weight excluding hydrogens is 289 g/mol. The van der Waals surface area contributed by atoms with Crippen LogP contribution in [0, 0.1) is 0 Å². The monoisotopic (exact) mass is 306 g/mol. The highest BCUT2D eigenvalue weighted by molar-refractivity contribution is 5.39. The van der Waals surface area contributed by atoms with Crippen molar-refractivity contribution < 1.29 is 13.2 Å². The van der Waals surface area contributed by atoms with E-state index in [0.29, 0.717) is 5.92 Å². The molecule has 2 aromatic rings. The normalized spacial score (nSPS) is 16.8. The number of pyridine rings is 1. The average molecular weight is 306 g/mol. The fraction of sp³-hybridized carbons (Fsp3) is 0.353. The molecule has 0 bridgehead atoms. The van der Waals surface area contributed by atoms with Gasteiger partial charge in [-0.2, -0.15) is 13.2 Å². The zero-order valence-corrected chi connectivity index (χ0v) is 12.1. The predicted octanol–water partition coefficient (Wildman–Crippen LogP) is 4.48. The minimum absolute atomic E-state index is 0.322. The Morgan fingerprint density at radius 2 is 1.64 bits per heavy atom. The summed E-state index contributed by atoms with van der Waals surface area (Å²) in [5.74, 6) is 1.29. The molecule has 0 aliphatic carbocycles. The van der Waals surface area contributed by atoms with Gasteiger partial charge in [-0.15, -0.1) is 0 Å². The summed E-state index contributed by atoms with van der Waals surface area (Å²) in [4.78, 5) is 6.56. The van der Waals surface area contributed by atoms with Gasteiger partial charge in [0.25, 0.3) is 0 Å². The molecule has 3 rings (SSSR count). The number of alkyl halides is 3. The molecule has 0 spiro atoms. The summed E-state index contributed by atoms with van der Waals surface area (Å²) < 4.78 is 37.8. The number of anilines is 1. The van der Waals surface area contributed by atoms with Crippen LogP contribution in [-0.4, -0.2) is 18.1 Å². The Labute approximate surface area is 127 Å². The van der Waals surface area contributed by atoms with Crippen molar-refractivity contribution in [2.45, 2.75) is 24.9 Å². The second-order valence-electron chi connectivity index (χ2n) is 5.57. The van der Waals surface area contributed by atoms with Crippen LogP contribution in [0.15, 0.2) is 48.7 Å². The van der Waals surface area contributed by atoms with Crippen molar-refractivity contribution in [3.63, 3.8) is 0 Å². The van der Waals surface area contributed by atoms with Crippen LogP contribution in [0.5, 0.6) is 0 Å². The van der Waals surface area contributed by atoms with Gasteiger partial charge in [-0.05, 0) is 48.6 Å². The van der Waals surface area contributed by atoms with E-state index < -0.39 is 11.7 Å². The van der Waals surface area contributed by atoms with Gasteiger partial charge in [-0.25, -0.2) is 4.98 Å². The second-order valence-corrected chi connectivity index (χ2v) is 5.57. The fourth-order valence-corrected chi connectivity index (χ4v) is 2.93. The van der Waals surface area contributed by atoms with Gasteiger partial charge in [0, 0.05) is 19.3 Å². The maximum atomic E-state index is 12.6. The number of nitrogens with zero attached hydrogens (tertiary/aromatic N) is 2. The van der Waals surface area contributed by atoms with Crippen molar-refractivity contribution in [3.8, 4) is 0 Å². The largest absolute Gasteiger partial charge is 0.416 e. The van der Waals surface area contributed by atoms with E-state index in [1.54, 1.807) is 18.3 Å². The first-order chi connectivity index (χ1) is 10.5. The molecule has 1 saturated heterocycles. The summed E-state index contributed by atoms with van der Waals surface area (Å²) in [5, 5.41) is 0. The molecule has 0 saturated carbocycles. The number of hydrogen-bond donors (Lipinski definition) is 0. The maximum Gasteiger partial charge on any atom is 0.416 e. The third kappa shape index (κ3) is 3.24. The first kappa shape index (κ1) is 14.9. The number of benzene rings is 1. The van der Waals surface area contributed by atoms with Gasteiger partial charge < -0.3 is 4.90 Å². The van der Waals surface area contributed by atoms with Crippen LogP contribution in [0.1, 0.15) is 29.9 Å². The van der Waals surface area contributed by atoms with Crippen molar-refractivity contribution in [2.24, 2.45) is 0 Å². The van der Waals surface area contributed by atoms with Gasteiger partial charge in [0.15, 0.2) is 0 Å². The predicted molar refractivity (Wildman–Crippen MR) is 79.9 cm³/mol. The first-order valence-electron chi connectivity index (χ1n) is 7.37. The van der Waals surface area contributed by atoms with Crippen LogP contribution in [0.2, 0.25) is 0 Å². The molecule has 2 nitrogen and oxygen atoms in total. The molecule has 1 aromatic carbocycles. The third-order valence-electron chi connectivity index (χ3n) is 4.18. The molecule has 1 aliphatic heterocycles. The summed E-state index contributed by atoms with van der Waals surface area (Å²) >= 11 is 0. The summed E-state index contributed by atoms with van der Waals surface area (Å²) in [6, 6.07) is 11.4. The molecule has 5 heteroatoms. The van der Waals surface area contributed by atoms with Gasteiger partial charge in [0.1, 0.15) is 5.82 Å². The highest BCUT2D eigenvalue weighted by Gasteiger charge is 2.30. The van der Waals surface area contributed by atoms with Crippen LogP contribution < -0.4 is 4.90 Å². The Bertz CT molecular complexity index is 600. The summed E-state index contributed by atoms with van der Waals surface area (Å²) in [6.07, 6.45) is -0.623. The molecular formula is C17H17F3N2. The molecule has 0 amide bonds. The van der Waals surface area contributed by atoms with Crippen LogP contribution in [0.4, 0.5) is 19.0 Å². The Kier molecular flexibility index (Phi) is 4.05. The lowest BCUT2D eigenvalue weighted by Crippen LogP contribution is -2.33. The minimum atomic E-state index is -4.26. The van der Waals surface area contributed by atoms with Crippen LogP contribution in [-0.2, 0) is 6.18 Å². The lowest BCUT2D eigenvalue weighted by Gasteiger charge is -2.33. The van der Waals surface area contributed by atoms with Crippen LogP contribution >= 0.6 is 0 Å². The van der Waals surface area contributed by atoms with E-state index in [1.807, 2.05) is 18.2 Å². The average Bonchev–Trinajstić information content (AvgIpc) is 2.55. The quantitative estimate of drug-likeness (QED) is 0.813. The summed E-state index contributed by atoms with van der Waals surface area (Å²) in [7, 11) is 0. The van der Waals surface area contributed by atoms with Crippen molar-refractivity contribution >= 4 is 5.82 Å². The van der Waals surface area contributed by atoms with E-state index in [1.165, 1.54) is 12.1 Å².